The molecule has 0 spiro atoms. The molecule has 0 fully saturated rings. The number of methoxy groups -OCH3 is 1. The molecule has 1 heterocycles. The summed E-state index contributed by atoms with van der Waals surface area (Å²) in [6.45, 7) is 0. The lowest BCUT2D eigenvalue weighted by Crippen LogP contribution is -2.14. The van der Waals surface area contributed by atoms with Crippen molar-refractivity contribution in [1.29, 1.82) is 0 Å². The number of halogens is 1. The van der Waals surface area contributed by atoms with Gasteiger partial charge in [0.05, 0.1) is 7.11 Å². The maximum Gasteiger partial charge on any atom is 0.392 e. The van der Waals surface area contributed by atoms with Crippen LogP contribution in [0.2, 0.25) is 5.02 Å². The van der Waals surface area contributed by atoms with Crippen molar-refractivity contribution >= 4 is 33.7 Å². The first-order valence-corrected chi connectivity index (χ1v) is 7.90. The Morgan fingerprint density at radius 1 is 1.18 bits per heavy atom. The minimum atomic E-state index is -1.66. The molecule has 2 aromatic carbocycles. The van der Waals surface area contributed by atoms with E-state index in [4.69, 9.17) is 20.8 Å². The standard InChI is InChI=1S/C16H11ClO4S/c1-20-12-3-2-4-13(9-12)22(19)15-8-10-7-11(17)5-6-14(10)21-16(15)18/h2-9H,1H3. The molecule has 0 aliphatic carbocycles. The second kappa shape index (κ2) is 6.04. The first-order valence-electron chi connectivity index (χ1n) is 6.38. The minimum absolute atomic E-state index is 0.0722. The summed E-state index contributed by atoms with van der Waals surface area (Å²) in [4.78, 5) is 12.6. The van der Waals surface area contributed by atoms with E-state index in [0.29, 0.717) is 26.6 Å². The fraction of sp³-hybridized carbons (Fsp3) is 0.0625. The molecule has 0 bridgehead atoms. The van der Waals surface area contributed by atoms with Gasteiger partial charge in [-0.15, -0.1) is 0 Å². The molecule has 0 amide bonds. The number of fused-ring (bicyclic) bond motifs is 1. The average molecular weight is 335 g/mol. The van der Waals surface area contributed by atoms with Crippen LogP contribution in [0.3, 0.4) is 0 Å². The van der Waals surface area contributed by atoms with Crippen molar-refractivity contribution in [2.24, 2.45) is 0 Å². The Kier molecular flexibility index (Phi) is 4.11. The lowest BCUT2D eigenvalue weighted by Gasteiger charge is -2.10. The summed E-state index contributed by atoms with van der Waals surface area (Å²) in [6, 6.07) is 13.2. The Morgan fingerprint density at radius 2 is 2.00 bits per heavy atom. The molecule has 1 unspecified atom stereocenters. The van der Waals surface area contributed by atoms with Crippen LogP contribution in [0.25, 0.3) is 11.0 Å². The average Bonchev–Trinajstić information content (AvgIpc) is 2.54. The van der Waals surface area contributed by atoms with Gasteiger partial charge in [0, 0.05) is 33.7 Å². The number of hydrogen-bond donors (Lipinski definition) is 0. The maximum absolute atomic E-state index is 12.6. The fourth-order valence-corrected chi connectivity index (χ4v) is 3.33. The molecular weight excluding hydrogens is 324 g/mol. The third-order valence-electron chi connectivity index (χ3n) is 3.12. The lowest BCUT2D eigenvalue weighted by molar-refractivity contribution is 0.413. The zero-order valence-corrected chi connectivity index (χ0v) is 13.1. The van der Waals surface area contributed by atoms with Crippen LogP contribution in [0.5, 0.6) is 5.75 Å². The molecule has 1 atom stereocenters. The van der Waals surface area contributed by atoms with Gasteiger partial charge >= 0.3 is 5.63 Å². The molecule has 22 heavy (non-hydrogen) atoms. The number of benzene rings is 2. The molecule has 112 valence electrons. The Balaban J connectivity index is 2.11. The van der Waals surface area contributed by atoms with Crippen LogP contribution in [0.15, 0.2) is 67.5 Å². The second-order valence-electron chi connectivity index (χ2n) is 4.53. The van der Waals surface area contributed by atoms with Crippen LogP contribution in [-0.2, 0) is 11.2 Å². The highest BCUT2D eigenvalue weighted by atomic mass is 35.5. The van der Waals surface area contributed by atoms with Crippen molar-refractivity contribution in [2.75, 3.05) is 7.11 Å². The SMILES string of the molecule is COc1cccc([S+]([O-])c2cc3cc(Cl)ccc3oc2=O)c1. The van der Waals surface area contributed by atoms with Gasteiger partial charge in [0.2, 0.25) is 4.90 Å². The third kappa shape index (κ3) is 2.83. The fourth-order valence-electron chi connectivity index (χ4n) is 2.05. The number of rotatable bonds is 3. The summed E-state index contributed by atoms with van der Waals surface area (Å²) in [5.74, 6) is 0.569. The summed E-state index contributed by atoms with van der Waals surface area (Å²) >= 11 is 4.27. The van der Waals surface area contributed by atoms with Gasteiger partial charge < -0.3 is 13.7 Å². The van der Waals surface area contributed by atoms with E-state index >= 15 is 0 Å². The monoisotopic (exact) mass is 334 g/mol. The van der Waals surface area contributed by atoms with E-state index in [9.17, 15) is 9.35 Å². The predicted octanol–water partition coefficient (Wildman–Crippen LogP) is 3.62. The van der Waals surface area contributed by atoms with E-state index < -0.39 is 16.8 Å². The van der Waals surface area contributed by atoms with Crippen LogP contribution in [-0.4, -0.2) is 11.7 Å². The molecule has 0 aliphatic rings. The van der Waals surface area contributed by atoms with E-state index in [1.165, 1.54) is 7.11 Å². The normalized spacial score (nSPS) is 12.3. The largest absolute Gasteiger partial charge is 0.606 e. The smallest absolute Gasteiger partial charge is 0.392 e. The van der Waals surface area contributed by atoms with Crippen LogP contribution in [0.1, 0.15) is 0 Å². The summed E-state index contributed by atoms with van der Waals surface area (Å²) in [7, 11) is 1.52. The predicted molar refractivity (Wildman–Crippen MR) is 85.2 cm³/mol. The van der Waals surface area contributed by atoms with Gasteiger partial charge in [-0.1, -0.05) is 17.7 Å². The van der Waals surface area contributed by atoms with E-state index in [1.54, 1.807) is 48.5 Å². The number of ether oxygens (including phenoxy) is 1. The van der Waals surface area contributed by atoms with Crippen molar-refractivity contribution in [1.82, 2.24) is 0 Å². The molecule has 0 radical (unpaired) electrons. The Morgan fingerprint density at radius 3 is 2.77 bits per heavy atom. The quantitative estimate of drug-likeness (QED) is 0.542. The summed E-state index contributed by atoms with van der Waals surface area (Å²) in [6.07, 6.45) is 0. The van der Waals surface area contributed by atoms with Crippen molar-refractivity contribution in [3.63, 3.8) is 0 Å². The van der Waals surface area contributed by atoms with Crippen molar-refractivity contribution in [3.8, 4) is 5.75 Å². The van der Waals surface area contributed by atoms with E-state index in [2.05, 4.69) is 0 Å². The highest BCUT2D eigenvalue weighted by molar-refractivity contribution is 7.91. The third-order valence-corrected chi connectivity index (χ3v) is 4.72. The van der Waals surface area contributed by atoms with Gasteiger partial charge in [-0.3, -0.25) is 0 Å². The molecular formula is C16H11ClO4S. The molecule has 1 aromatic heterocycles. The summed E-state index contributed by atoms with van der Waals surface area (Å²) in [5, 5.41) is 1.14. The number of hydrogen-bond acceptors (Lipinski definition) is 4. The van der Waals surface area contributed by atoms with Gasteiger partial charge in [0.15, 0.2) is 4.90 Å². The van der Waals surface area contributed by atoms with Crippen LogP contribution in [0, 0.1) is 0 Å². The van der Waals surface area contributed by atoms with E-state index in [1.807, 2.05) is 0 Å². The van der Waals surface area contributed by atoms with Crippen molar-refractivity contribution in [3.05, 3.63) is 64.0 Å². The van der Waals surface area contributed by atoms with Crippen LogP contribution >= 0.6 is 11.6 Å². The van der Waals surface area contributed by atoms with Gasteiger partial charge in [-0.2, -0.15) is 0 Å². The zero-order valence-electron chi connectivity index (χ0n) is 11.5. The second-order valence-corrected chi connectivity index (χ2v) is 6.41. The van der Waals surface area contributed by atoms with E-state index in [-0.39, 0.29) is 4.90 Å². The molecule has 6 heteroatoms. The van der Waals surface area contributed by atoms with Crippen molar-refractivity contribution in [2.45, 2.75) is 9.79 Å². The van der Waals surface area contributed by atoms with Gasteiger partial charge in [-0.05, 0) is 30.3 Å². The van der Waals surface area contributed by atoms with Crippen LogP contribution in [0.4, 0.5) is 0 Å². The molecule has 0 N–H and O–H groups in total. The van der Waals surface area contributed by atoms with Crippen LogP contribution < -0.4 is 10.4 Å². The first kappa shape index (κ1) is 15.0. The summed E-state index contributed by atoms with van der Waals surface area (Å²) < 4.78 is 22.9. The van der Waals surface area contributed by atoms with Gasteiger partial charge in [0.25, 0.3) is 0 Å². The molecule has 4 nitrogen and oxygen atoms in total. The molecule has 3 rings (SSSR count). The minimum Gasteiger partial charge on any atom is -0.606 e. The molecule has 0 aliphatic heterocycles. The topological polar surface area (TPSA) is 62.5 Å². The Bertz CT molecular complexity index is 891. The molecule has 3 aromatic rings. The maximum atomic E-state index is 12.6. The Labute approximate surface area is 134 Å². The van der Waals surface area contributed by atoms with Crippen molar-refractivity contribution < 1.29 is 13.7 Å². The highest BCUT2D eigenvalue weighted by Crippen LogP contribution is 2.25. The highest BCUT2D eigenvalue weighted by Gasteiger charge is 2.22. The molecule has 0 saturated heterocycles. The molecule has 0 saturated carbocycles. The zero-order chi connectivity index (χ0) is 15.7. The van der Waals surface area contributed by atoms with Gasteiger partial charge in [-0.25, -0.2) is 4.79 Å². The Hall–Kier alpha value is -1.95. The first-order chi connectivity index (χ1) is 10.6. The van der Waals surface area contributed by atoms with E-state index in [0.717, 1.165) is 0 Å². The summed E-state index contributed by atoms with van der Waals surface area (Å²) in [5.41, 5.74) is -0.225. The lowest BCUT2D eigenvalue weighted by atomic mass is 10.2. The van der Waals surface area contributed by atoms with Gasteiger partial charge in [0.1, 0.15) is 11.3 Å².